The van der Waals surface area contributed by atoms with Gasteiger partial charge in [-0.25, -0.2) is 4.68 Å². The molecule has 1 aromatic carbocycles. The standard InChI is InChI=1S/C18H22N4O2/c1-14-4-2-5-15(12-14)20-7-9-21(10-8-20)18(23)16-13-17-22(19-16)6-3-11-24-17/h2,4-5,12-13H,3,6-11H2,1H3. The van der Waals surface area contributed by atoms with Gasteiger partial charge in [0.1, 0.15) is 0 Å². The fourth-order valence-electron chi connectivity index (χ4n) is 3.33. The Morgan fingerprint density at radius 3 is 2.71 bits per heavy atom. The minimum Gasteiger partial charge on any atom is -0.478 e. The van der Waals surface area contributed by atoms with E-state index in [4.69, 9.17) is 4.74 Å². The lowest BCUT2D eigenvalue weighted by atomic mass is 10.2. The van der Waals surface area contributed by atoms with Crippen LogP contribution < -0.4 is 9.64 Å². The summed E-state index contributed by atoms with van der Waals surface area (Å²) >= 11 is 0. The molecule has 6 nitrogen and oxygen atoms in total. The van der Waals surface area contributed by atoms with Crippen molar-refractivity contribution in [3.05, 3.63) is 41.6 Å². The Kier molecular flexibility index (Phi) is 3.88. The van der Waals surface area contributed by atoms with Gasteiger partial charge in [-0.05, 0) is 24.6 Å². The maximum Gasteiger partial charge on any atom is 0.274 e. The second-order valence-electron chi connectivity index (χ2n) is 6.41. The molecule has 0 aliphatic carbocycles. The van der Waals surface area contributed by atoms with E-state index >= 15 is 0 Å². The molecule has 2 aromatic rings. The van der Waals surface area contributed by atoms with Gasteiger partial charge in [0.05, 0.1) is 6.61 Å². The van der Waals surface area contributed by atoms with E-state index in [-0.39, 0.29) is 5.91 Å². The highest BCUT2D eigenvalue weighted by Gasteiger charge is 2.26. The molecule has 3 heterocycles. The molecule has 1 fully saturated rings. The van der Waals surface area contributed by atoms with Gasteiger partial charge >= 0.3 is 0 Å². The number of anilines is 1. The maximum atomic E-state index is 12.7. The van der Waals surface area contributed by atoms with Crippen molar-refractivity contribution >= 4 is 11.6 Å². The lowest BCUT2D eigenvalue weighted by Crippen LogP contribution is -2.49. The van der Waals surface area contributed by atoms with Gasteiger partial charge in [0, 0.05) is 50.9 Å². The predicted molar refractivity (Wildman–Crippen MR) is 91.6 cm³/mol. The van der Waals surface area contributed by atoms with Crippen LogP contribution in [-0.2, 0) is 6.54 Å². The molecule has 0 radical (unpaired) electrons. The number of nitrogens with zero attached hydrogens (tertiary/aromatic N) is 4. The molecule has 1 amide bonds. The number of amides is 1. The summed E-state index contributed by atoms with van der Waals surface area (Å²) in [5.74, 6) is 0.715. The van der Waals surface area contributed by atoms with Crippen LogP contribution >= 0.6 is 0 Å². The van der Waals surface area contributed by atoms with E-state index in [1.54, 1.807) is 10.7 Å². The summed E-state index contributed by atoms with van der Waals surface area (Å²) in [6.45, 7) is 6.76. The van der Waals surface area contributed by atoms with Gasteiger partial charge in [0.2, 0.25) is 5.88 Å². The smallest absolute Gasteiger partial charge is 0.274 e. The minimum absolute atomic E-state index is 0.00407. The fourth-order valence-corrected chi connectivity index (χ4v) is 3.33. The summed E-state index contributed by atoms with van der Waals surface area (Å²) < 4.78 is 7.34. The number of hydrogen-bond donors (Lipinski definition) is 0. The molecule has 0 unspecified atom stereocenters. The van der Waals surface area contributed by atoms with Gasteiger partial charge < -0.3 is 14.5 Å². The predicted octanol–water partition coefficient (Wildman–Crippen LogP) is 1.94. The Labute approximate surface area is 141 Å². The first-order chi connectivity index (χ1) is 11.7. The second-order valence-corrected chi connectivity index (χ2v) is 6.41. The lowest BCUT2D eigenvalue weighted by Gasteiger charge is -2.36. The Balaban J connectivity index is 1.42. The van der Waals surface area contributed by atoms with E-state index < -0.39 is 0 Å². The minimum atomic E-state index is 0.00407. The fraction of sp³-hybridized carbons (Fsp3) is 0.444. The third kappa shape index (κ3) is 2.84. The molecule has 2 aliphatic rings. The first kappa shape index (κ1) is 15.1. The lowest BCUT2D eigenvalue weighted by molar-refractivity contribution is 0.0740. The first-order valence-electron chi connectivity index (χ1n) is 8.52. The third-order valence-corrected chi connectivity index (χ3v) is 4.66. The Morgan fingerprint density at radius 1 is 1.12 bits per heavy atom. The topological polar surface area (TPSA) is 50.6 Å². The van der Waals surface area contributed by atoms with E-state index in [0.717, 1.165) is 39.1 Å². The van der Waals surface area contributed by atoms with E-state index in [9.17, 15) is 4.79 Å². The number of carbonyl (C=O) groups excluding carboxylic acids is 1. The number of ether oxygens (including phenoxy) is 1. The van der Waals surface area contributed by atoms with Gasteiger partial charge in [0.25, 0.3) is 5.91 Å². The zero-order chi connectivity index (χ0) is 16.5. The number of piperazine rings is 1. The largest absolute Gasteiger partial charge is 0.478 e. The van der Waals surface area contributed by atoms with E-state index in [1.165, 1.54) is 11.3 Å². The molecule has 0 bridgehead atoms. The maximum absolute atomic E-state index is 12.7. The van der Waals surface area contributed by atoms with Gasteiger partial charge in [-0.1, -0.05) is 12.1 Å². The first-order valence-corrected chi connectivity index (χ1v) is 8.52. The van der Waals surface area contributed by atoms with Crippen LogP contribution in [0, 0.1) is 6.92 Å². The SMILES string of the molecule is Cc1cccc(N2CCN(C(=O)c3cc4n(n3)CCCO4)CC2)c1. The molecule has 2 aliphatic heterocycles. The molecule has 24 heavy (non-hydrogen) atoms. The number of carbonyl (C=O) groups is 1. The van der Waals surface area contributed by atoms with Crippen molar-refractivity contribution in [2.75, 3.05) is 37.7 Å². The Hall–Kier alpha value is -2.50. The van der Waals surface area contributed by atoms with Gasteiger partial charge in [-0.2, -0.15) is 5.10 Å². The van der Waals surface area contributed by atoms with Crippen LogP contribution in [0.2, 0.25) is 0 Å². The van der Waals surface area contributed by atoms with Gasteiger partial charge in [-0.15, -0.1) is 0 Å². The number of rotatable bonds is 2. The highest BCUT2D eigenvalue weighted by atomic mass is 16.5. The molecular formula is C18H22N4O2. The third-order valence-electron chi connectivity index (χ3n) is 4.66. The number of hydrogen-bond acceptors (Lipinski definition) is 4. The van der Waals surface area contributed by atoms with Crippen molar-refractivity contribution < 1.29 is 9.53 Å². The molecule has 1 saturated heterocycles. The van der Waals surface area contributed by atoms with Gasteiger partial charge in [-0.3, -0.25) is 4.79 Å². The molecule has 126 valence electrons. The highest BCUT2D eigenvalue weighted by Crippen LogP contribution is 2.21. The number of aromatic nitrogens is 2. The van der Waals surface area contributed by atoms with Gasteiger partial charge in [0.15, 0.2) is 5.69 Å². The number of aryl methyl sites for hydroxylation is 2. The molecule has 0 saturated carbocycles. The van der Waals surface area contributed by atoms with Crippen LogP contribution in [0.5, 0.6) is 5.88 Å². The van der Waals surface area contributed by atoms with Crippen molar-refractivity contribution in [1.82, 2.24) is 14.7 Å². The van der Waals surface area contributed by atoms with E-state index in [1.807, 2.05) is 4.90 Å². The van der Waals surface area contributed by atoms with Crippen LogP contribution in [0.4, 0.5) is 5.69 Å². The summed E-state index contributed by atoms with van der Waals surface area (Å²) in [6.07, 6.45) is 0.942. The molecule has 6 heteroatoms. The van der Waals surface area contributed by atoms with Crippen LogP contribution in [0.15, 0.2) is 30.3 Å². The Morgan fingerprint density at radius 2 is 1.96 bits per heavy atom. The monoisotopic (exact) mass is 326 g/mol. The summed E-state index contributed by atoms with van der Waals surface area (Å²) in [5.41, 5.74) is 2.98. The zero-order valence-electron chi connectivity index (χ0n) is 13.9. The summed E-state index contributed by atoms with van der Waals surface area (Å²) in [5, 5.41) is 4.40. The molecule has 0 N–H and O–H groups in total. The van der Waals surface area contributed by atoms with Crippen LogP contribution in [0.3, 0.4) is 0 Å². The molecule has 4 rings (SSSR count). The second kappa shape index (κ2) is 6.19. The molecular weight excluding hydrogens is 304 g/mol. The van der Waals surface area contributed by atoms with E-state index in [2.05, 4.69) is 41.2 Å². The normalized spacial score (nSPS) is 17.4. The summed E-state index contributed by atoms with van der Waals surface area (Å²) in [4.78, 5) is 16.9. The zero-order valence-corrected chi connectivity index (χ0v) is 13.9. The van der Waals surface area contributed by atoms with Crippen molar-refractivity contribution in [1.29, 1.82) is 0 Å². The average Bonchev–Trinajstić information content (AvgIpc) is 3.05. The van der Waals surface area contributed by atoms with Crippen molar-refractivity contribution in [3.8, 4) is 5.88 Å². The van der Waals surface area contributed by atoms with Crippen LogP contribution in [0.25, 0.3) is 0 Å². The Bertz CT molecular complexity index is 724. The summed E-state index contributed by atoms with van der Waals surface area (Å²) in [7, 11) is 0. The summed E-state index contributed by atoms with van der Waals surface area (Å²) in [6, 6.07) is 10.3. The number of fused-ring (bicyclic) bond motifs is 1. The van der Waals surface area contributed by atoms with Crippen LogP contribution in [-0.4, -0.2) is 53.4 Å². The highest BCUT2D eigenvalue weighted by molar-refractivity contribution is 5.92. The van der Waals surface area contributed by atoms with E-state index in [0.29, 0.717) is 18.2 Å². The van der Waals surface area contributed by atoms with Crippen LogP contribution in [0.1, 0.15) is 22.5 Å². The quantitative estimate of drug-likeness (QED) is 0.846. The molecule has 0 atom stereocenters. The van der Waals surface area contributed by atoms with Crippen molar-refractivity contribution in [2.45, 2.75) is 19.9 Å². The van der Waals surface area contributed by atoms with Crippen molar-refractivity contribution in [3.63, 3.8) is 0 Å². The number of benzene rings is 1. The molecule has 1 aromatic heterocycles. The van der Waals surface area contributed by atoms with Crippen molar-refractivity contribution in [2.24, 2.45) is 0 Å². The average molecular weight is 326 g/mol. The molecule has 0 spiro atoms.